The molecule has 0 unspecified atom stereocenters. The lowest BCUT2D eigenvalue weighted by molar-refractivity contribution is 0.0893. The zero-order chi connectivity index (χ0) is 21.7. The van der Waals surface area contributed by atoms with Crippen LogP contribution in [0, 0.1) is 5.82 Å². The third-order valence-electron chi connectivity index (χ3n) is 5.11. The summed E-state index contributed by atoms with van der Waals surface area (Å²) >= 11 is 0. The van der Waals surface area contributed by atoms with Crippen LogP contribution < -0.4 is 5.32 Å². The molecule has 0 saturated heterocycles. The third-order valence-corrected chi connectivity index (χ3v) is 5.11. The minimum atomic E-state index is -0.243. The van der Waals surface area contributed by atoms with Crippen molar-refractivity contribution < 1.29 is 13.6 Å². The summed E-state index contributed by atoms with van der Waals surface area (Å²) in [4.78, 5) is 14.8. The van der Waals surface area contributed by atoms with Gasteiger partial charge in [0.2, 0.25) is 0 Å². The maximum atomic E-state index is 13.2. The average molecular weight is 409 g/mol. The van der Waals surface area contributed by atoms with E-state index in [0.29, 0.717) is 24.6 Å². The molecule has 0 radical (unpaired) electrons. The molecule has 1 heterocycles. The van der Waals surface area contributed by atoms with Crippen molar-refractivity contribution in [3.8, 4) is 0 Å². The number of nitrogens with one attached hydrogen (secondary N) is 1. The second-order valence-electron chi connectivity index (χ2n) is 8.53. The fourth-order valence-electron chi connectivity index (χ4n) is 3.21. The zero-order valence-electron chi connectivity index (χ0n) is 18.0. The molecule has 0 bridgehead atoms. The Morgan fingerprint density at radius 3 is 2.30 bits per heavy atom. The van der Waals surface area contributed by atoms with E-state index in [1.165, 1.54) is 12.1 Å². The lowest BCUT2D eigenvalue weighted by Crippen LogP contribution is -2.40. The molecule has 1 amide bonds. The molecular formula is C25H29FN2O2. The molecule has 3 aromatic rings. The van der Waals surface area contributed by atoms with Crippen LogP contribution in [-0.2, 0) is 13.1 Å². The first-order valence-corrected chi connectivity index (χ1v) is 10.2. The zero-order valence-corrected chi connectivity index (χ0v) is 18.0. The fraction of sp³-hybridized carbons (Fsp3) is 0.320. The summed E-state index contributed by atoms with van der Waals surface area (Å²) in [7, 11) is 0. The summed E-state index contributed by atoms with van der Waals surface area (Å²) in [5.41, 5.74) is 1.93. The Morgan fingerprint density at radius 2 is 1.67 bits per heavy atom. The van der Waals surface area contributed by atoms with Crippen LogP contribution >= 0.6 is 0 Å². The Kier molecular flexibility index (Phi) is 6.73. The quantitative estimate of drug-likeness (QED) is 0.545. The number of hydrogen-bond acceptors (Lipinski definition) is 3. The van der Waals surface area contributed by atoms with E-state index >= 15 is 0 Å². The van der Waals surface area contributed by atoms with E-state index < -0.39 is 0 Å². The van der Waals surface area contributed by atoms with E-state index in [-0.39, 0.29) is 23.3 Å². The van der Waals surface area contributed by atoms with Crippen molar-refractivity contribution in [2.75, 3.05) is 0 Å². The molecule has 0 spiro atoms. The van der Waals surface area contributed by atoms with Crippen molar-refractivity contribution in [1.29, 1.82) is 0 Å². The summed E-state index contributed by atoms with van der Waals surface area (Å²) in [5.74, 6) is 0.527. The minimum absolute atomic E-state index is 0.114. The first kappa shape index (κ1) is 21.8. The van der Waals surface area contributed by atoms with E-state index in [1.54, 1.807) is 18.2 Å². The van der Waals surface area contributed by atoms with Crippen LogP contribution in [0.5, 0.6) is 0 Å². The van der Waals surface area contributed by atoms with Crippen molar-refractivity contribution in [3.63, 3.8) is 0 Å². The number of amides is 1. The van der Waals surface area contributed by atoms with Crippen LogP contribution in [0.3, 0.4) is 0 Å². The van der Waals surface area contributed by atoms with Gasteiger partial charge in [0.25, 0.3) is 5.91 Å². The molecule has 1 atom stereocenters. The van der Waals surface area contributed by atoms with Crippen LogP contribution in [0.4, 0.5) is 4.39 Å². The van der Waals surface area contributed by atoms with Gasteiger partial charge in [0.05, 0.1) is 12.6 Å². The van der Waals surface area contributed by atoms with Crippen LogP contribution in [0.15, 0.2) is 71.1 Å². The summed E-state index contributed by atoms with van der Waals surface area (Å²) in [5, 5.41) is 2.97. The Bertz CT molecular complexity index is 959. The number of halogens is 1. The van der Waals surface area contributed by atoms with Crippen molar-refractivity contribution >= 4 is 5.91 Å². The number of benzene rings is 2. The number of carbonyl (C=O) groups is 1. The summed E-state index contributed by atoms with van der Waals surface area (Å²) < 4.78 is 19.1. The Hall–Kier alpha value is -2.92. The van der Waals surface area contributed by atoms with Gasteiger partial charge in [-0.05, 0) is 63.1 Å². The highest BCUT2D eigenvalue weighted by molar-refractivity contribution is 5.91. The predicted octanol–water partition coefficient (Wildman–Crippen LogP) is 5.71. The molecular weight excluding hydrogens is 379 g/mol. The Balaban J connectivity index is 1.67. The van der Waals surface area contributed by atoms with Gasteiger partial charge < -0.3 is 9.73 Å². The second-order valence-corrected chi connectivity index (χ2v) is 8.53. The summed E-state index contributed by atoms with van der Waals surface area (Å²) in [6.45, 7) is 9.50. The molecule has 0 aliphatic heterocycles. The SMILES string of the molecule is C[C@H](NC(=O)c1ccc(CN(Cc2ccc(F)cc2)C(C)(C)C)o1)c1ccccc1. The number of nitrogens with zero attached hydrogens (tertiary/aromatic N) is 1. The molecule has 2 aromatic carbocycles. The molecule has 1 N–H and O–H groups in total. The van der Waals surface area contributed by atoms with E-state index in [2.05, 4.69) is 31.0 Å². The summed E-state index contributed by atoms with van der Waals surface area (Å²) in [6.07, 6.45) is 0. The second kappa shape index (κ2) is 9.26. The standard InChI is InChI=1S/C25H29FN2O2/c1-18(20-8-6-5-7-9-20)27-24(29)23-15-14-22(30-23)17-28(25(2,3)4)16-19-10-12-21(26)13-11-19/h5-15,18H,16-17H2,1-4H3,(H,27,29)/t18-/m0/s1. The fourth-order valence-corrected chi connectivity index (χ4v) is 3.21. The molecule has 30 heavy (non-hydrogen) atoms. The van der Waals surface area contributed by atoms with Crippen molar-refractivity contribution in [2.24, 2.45) is 0 Å². The van der Waals surface area contributed by atoms with Crippen LogP contribution in [0.2, 0.25) is 0 Å². The molecule has 0 saturated carbocycles. The molecule has 0 fully saturated rings. The van der Waals surface area contributed by atoms with Crippen molar-refractivity contribution in [2.45, 2.75) is 52.4 Å². The van der Waals surface area contributed by atoms with Gasteiger partial charge in [-0.2, -0.15) is 0 Å². The Labute approximate surface area is 177 Å². The van der Waals surface area contributed by atoms with Crippen LogP contribution in [0.25, 0.3) is 0 Å². The Morgan fingerprint density at radius 1 is 1.00 bits per heavy atom. The molecule has 3 rings (SSSR count). The minimum Gasteiger partial charge on any atom is -0.455 e. The molecule has 4 nitrogen and oxygen atoms in total. The van der Waals surface area contributed by atoms with E-state index in [4.69, 9.17) is 4.42 Å². The third kappa shape index (κ3) is 5.80. The first-order valence-electron chi connectivity index (χ1n) is 10.2. The molecule has 5 heteroatoms. The number of hydrogen-bond donors (Lipinski definition) is 1. The van der Waals surface area contributed by atoms with Gasteiger partial charge >= 0.3 is 0 Å². The molecule has 158 valence electrons. The van der Waals surface area contributed by atoms with Gasteiger partial charge in [-0.3, -0.25) is 9.69 Å². The first-order chi connectivity index (χ1) is 14.2. The van der Waals surface area contributed by atoms with Crippen LogP contribution in [-0.4, -0.2) is 16.3 Å². The topological polar surface area (TPSA) is 45.5 Å². The number of carbonyl (C=O) groups excluding carboxylic acids is 1. The average Bonchev–Trinajstić information content (AvgIpc) is 3.18. The highest BCUT2D eigenvalue weighted by atomic mass is 19.1. The number of furan rings is 1. The maximum absolute atomic E-state index is 13.2. The van der Waals surface area contributed by atoms with Gasteiger partial charge in [0, 0.05) is 12.1 Å². The smallest absolute Gasteiger partial charge is 0.287 e. The van der Waals surface area contributed by atoms with E-state index in [0.717, 1.165) is 11.1 Å². The lowest BCUT2D eigenvalue weighted by atomic mass is 10.0. The van der Waals surface area contributed by atoms with Crippen molar-refractivity contribution in [3.05, 3.63) is 95.2 Å². The van der Waals surface area contributed by atoms with Gasteiger partial charge in [0.15, 0.2) is 5.76 Å². The van der Waals surface area contributed by atoms with Gasteiger partial charge in [-0.1, -0.05) is 42.5 Å². The highest BCUT2D eigenvalue weighted by Crippen LogP contribution is 2.22. The summed E-state index contributed by atoms with van der Waals surface area (Å²) in [6, 6.07) is 19.8. The number of rotatable bonds is 7. The van der Waals surface area contributed by atoms with Crippen molar-refractivity contribution in [1.82, 2.24) is 10.2 Å². The normalized spacial score (nSPS) is 12.7. The highest BCUT2D eigenvalue weighted by Gasteiger charge is 2.24. The van der Waals surface area contributed by atoms with E-state index in [9.17, 15) is 9.18 Å². The monoisotopic (exact) mass is 408 g/mol. The van der Waals surface area contributed by atoms with Gasteiger partial charge in [-0.15, -0.1) is 0 Å². The lowest BCUT2D eigenvalue weighted by Gasteiger charge is -2.35. The maximum Gasteiger partial charge on any atom is 0.287 e. The van der Waals surface area contributed by atoms with Gasteiger partial charge in [-0.25, -0.2) is 4.39 Å². The molecule has 1 aromatic heterocycles. The van der Waals surface area contributed by atoms with Crippen LogP contribution in [0.1, 0.15) is 61.2 Å². The van der Waals surface area contributed by atoms with Gasteiger partial charge in [0.1, 0.15) is 11.6 Å². The predicted molar refractivity (Wildman–Crippen MR) is 116 cm³/mol. The van der Waals surface area contributed by atoms with E-state index in [1.807, 2.05) is 43.3 Å². The molecule has 0 aliphatic carbocycles. The largest absolute Gasteiger partial charge is 0.455 e. The molecule has 0 aliphatic rings.